The van der Waals surface area contributed by atoms with Crippen molar-refractivity contribution in [3.8, 4) is 11.5 Å². The van der Waals surface area contributed by atoms with Gasteiger partial charge >= 0.3 is 0 Å². The van der Waals surface area contributed by atoms with E-state index in [0.717, 1.165) is 6.07 Å². The molecule has 11 nitrogen and oxygen atoms in total. The van der Waals surface area contributed by atoms with Crippen molar-refractivity contribution in [1.82, 2.24) is 0 Å². The number of hydrogen-bond donors (Lipinski definition) is 5. The zero-order valence-electron chi connectivity index (χ0n) is 14.4. The van der Waals surface area contributed by atoms with Crippen molar-refractivity contribution in [2.75, 3.05) is 5.43 Å². The van der Waals surface area contributed by atoms with Crippen molar-refractivity contribution < 1.29 is 40.9 Å². The molecule has 30 heavy (non-hydrogen) atoms. The summed E-state index contributed by atoms with van der Waals surface area (Å²) in [5.74, 6) is -2.41. The molecule has 158 valence electrons. The lowest BCUT2D eigenvalue weighted by Crippen LogP contribution is -2.27. The van der Waals surface area contributed by atoms with Crippen molar-refractivity contribution in [2.24, 2.45) is 5.10 Å². The van der Waals surface area contributed by atoms with E-state index in [1.54, 1.807) is 0 Å². The van der Waals surface area contributed by atoms with Gasteiger partial charge in [0.15, 0.2) is 5.71 Å². The van der Waals surface area contributed by atoms with Gasteiger partial charge in [0.05, 0.1) is 16.1 Å². The number of halogens is 1. The summed E-state index contributed by atoms with van der Waals surface area (Å²) in [5, 5.41) is 23.6. The van der Waals surface area contributed by atoms with E-state index in [4.69, 9.17) is 16.2 Å². The number of nitrogens with zero attached hydrogens (tertiary/aromatic N) is 1. The molecule has 2 aromatic carbocycles. The highest BCUT2D eigenvalue weighted by atomic mass is 35.5. The highest BCUT2D eigenvalue weighted by molar-refractivity contribution is 7.91. The van der Waals surface area contributed by atoms with Gasteiger partial charge < -0.3 is 10.2 Å². The van der Waals surface area contributed by atoms with E-state index in [2.05, 4.69) is 10.5 Å². The van der Waals surface area contributed by atoms with Crippen molar-refractivity contribution in [2.45, 2.75) is 4.90 Å². The van der Waals surface area contributed by atoms with Crippen LogP contribution in [0.3, 0.4) is 0 Å². The zero-order chi connectivity index (χ0) is 22.4. The number of rotatable bonds is 4. The van der Waals surface area contributed by atoms with Crippen molar-refractivity contribution in [1.29, 1.82) is 0 Å². The van der Waals surface area contributed by atoms with E-state index in [1.165, 1.54) is 18.2 Å². The molecule has 0 aliphatic heterocycles. The van der Waals surface area contributed by atoms with E-state index in [-0.39, 0.29) is 16.5 Å². The number of hydrogen-bond acceptors (Lipinski definition) is 9. The molecule has 0 heterocycles. The summed E-state index contributed by atoms with van der Waals surface area (Å²) in [6.07, 6.45) is 0.693. The minimum Gasteiger partial charge on any atom is -0.507 e. The number of allylic oxidation sites excluding steroid dienone is 1. The fourth-order valence-corrected chi connectivity index (χ4v) is 3.96. The monoisotopic (exact) mass is 474 g/mol. The third kappa shape index (κ3) is 4.15. The molecule has 0 amide bonds. The Balaban J connectivity index is 2.21. The second-order valence-electron chi connectivity index (χ2n) is 5.93. The van der Waals surface area contributed by atoms with E-state index >= 15 is 0 Å². The SMILES string of the molecule is O=C1/C(=N\Nc2cc(Cl)ccc2O)C(S(=O)(=O)O)=Cc2cc(S(=O)(=O)O)cc(O)c21. The first-order valence-electron chi connectivity index (χ1n) is 7.70. The van der Waals surface area contributed by atoms with Crippen LogP contribution in [0, 0.1) is 0 Å². The Kier molecular flexibility index (Phi) is 5.34. The number of ketones is 1. The molecule has 2 aromatic rings. The van der Waals surface area contributed by atoms with Gasteiger partial charge in [-0.3, -0.25) is 19.3 Å². The number of phenolic OH excluding ortho intramolecular Hbond substituents is 2. The maximum atomic E-state index is 12.8. The lowest BCUT2D eigenvalue weighted by Gasteiger charge is -2.18. The molecule has 1 aliphatic carbocycles. The van der Waals surface area contributed by atoms with E-state index < -0.39 is 58.4 Å². The van der Waals surface area contributed by atoms with Crippen molar-refractivity contribution in [3.63, 3.8) is 0 Å². The van der Waals surface area contributed by atoms with Crippen LogP contribution >= 0.6 is 11.6 Å². The summed E-state index contributed by atoms with van der Waals surface area (Å²) in [7, 11) is -9.84. The molecule has 0 atom stereocenters. The predicted molar refractivity (Wildman–Crippen MR) is 106 cm³/mol. The molecular weight excluding hydrogens is 464 g/mol. The topological polar surface area (TPSA) is 191 Å². The Hall–Kier alpha value is -2.97. The van der Waals surface area contributed by atoms with Crippen LogP contribution in [0.5, 0.6) is 11.5 Å². The number of phenols is 2. The van der Waals surface area contributed by atoms with Crippen molar-refractivity contribution >= 4 is 55.1 Å². The minimum absolute atomic E-state index is 0.103. The fourth-order valence-electron chi connectivity index (χ4n) is 2.59. The first-order valence-corrected chi connectivity index (χ1v) is 11.0. The van der Waals surface area contributed by atoms with Crippen LogP contribution in [-0.4, -0.2) is 47.6 Å². The largest absolute Gasteiger partial charge is 0.507 e. The Morgan fingerprint density at radius 2 is 1.60 bits per heavy atom. The number of Topliss-reactive ketones (excluding diaryl/α,β-unsaturated/α-hetero) is 1. The minimum atomic E-state index is -5.05. The summed E-state index contributed by atoms with van der Waals surface area (Å²) >= 11 is 5.79. The van der Waals surface area contributed by atoms with Crippen LogP contribution in [-0.2, 0) is 20.2 Å². The highest BCUT2D eigenvalue weighted by Gasteiger charge is 2.35. The van der Waals surface area contributed by atoms with Gasteiger partial charge in [-0.2, -0.15) is 21.9 Å². The van der Waals surface area contributed by atoms with Crippen LogP contribution in [0.4, 0.5) is 5.69 Å². The van der Waals surface area contributed by atoms with Gasteiger partial charge in [0.1, 0.15) is 16.4 Å². The van der Waals surface area contributed by atoms with Gasteiger partial charge in [-0.25, -0.2) is 0 Å². The van der Waals surface area contributed by atoms with Gasteiger partial charge in [0, 0.05) is 11.1 Å². The van der Waals surface area contributed by atoms with Crippen LogP contribution in [0.25, 0.3) is 6.08 Å². The molecule has 0 saturated carbocycles. The first kappa shape index (κ1) is 21.7. The Morgan fingerprint density at radius 3 is 2.20 bits per heavy atom. The summed E-state index contributed by atoms with van der Waals surface area (Å²) in [6.45, 7) is 0. The molecule has 0 unspecified atom stereocenters. The molecule has 0 saturated heterocycles. The van der Waals surface area contributed by atoms with E-state index in [1.807, 2.05) is 0 Å². The van der Waals surface area contributed by atoms with E-state index in [9.17, 15) is 36.4 Å². The average Bonchev–Trinajstić information content (AvgIpc) is 2.61. The molecule has 0 spiro atoms. The number of carbonyl (C=O) groups is 1. The molecule has 5 N–H and O–H groups in total. The maximum Gasteiger partial charge on any atom is 0.296 e. The lowest BCUT2D eigenvalue weighted by molar-refractivity contribution is 0.106. The second kappa shape index (κ2) is 7.37. The number of anilines is 1. The molecule has 0 radical (unpaired) electrons. The summed E-state index contributed by atoms with van der Waals surface area (Å²) < 4.78 is 64.8. The molecule has 0 aromatic heterocycles. The Bertz CT molecular complexity index is 1360. The summed E-state index contributed by atoms with van der Waals surface area (Å²) in [4.78, 5) is 11.0. The van der Waals surface area contributed by atoms with Crippen LogP contribution in [0.2, 0.25) is 5.02 Å². The molecule has 0 bridgehead atoms. The Labute approximate surface area is 174 Å². The smallest absolute Gasteiger partial charge is 0.296 e. The summed E-state index contributed by atoms with van der Waals surface area (Å²) in [5.41, 5.74) is 0.355. The van der Waals surface area contributed by atoms with Crippen LogP contribution < -0.4 is 5.43 Å². The molecular formula is C16H11ClN2O9S2. The van der Waals surface area contributed by atoms with Gasteiger partial charge in [-0.1, -0.05) is 11.6 Å². The number of hydrazone groups is 1. The number of fused-ring (bicyclic) bond motifs is 1. The third-order valence-electron chi connectivity index (χ3n) is 3.91. The average molecular weight is 475 g/mol. The van der Waals surface area contributed by atoms with Gasteiger partial charge in [-0.05, 0) is 35.9 Å². The third-order valence-corrected chi connectivity index (χ3v) is 5.84. The standard InChI is InChI=1S/C16H11ClN2O9S2/c17-8-1-2-11(20)10(5-8)18-19-15-13(30(26,27)28)4-7-3-9(29(23,24)25)6-12(21)14(7)16(15)22/h1-6,18,20-21H,(H,23,24,25)(H,26,27,28)/b19-15-. The quantitative estimate of drug-likeness (QED) is 0.248. The molecule has 1 aliphatic rings. The predicted octanol–water partition coefficient (Wildman–Crippen LogP) is 1.89. The van der Waals surface area contributed by atoms with Crippen molar-refractivity contribution in [3.05, 3.63) is 51.4 Å². The first-order chi connectivity index (χ1) is 13.8. The molecule has 0 fully saturated rings. The highest BCUT2D eigenvalue weighted by Crippen LogP contribution is 2.34. The van der Waals surface area contributed by atoms with Crippen LogP contribution in [0.15, 0.2) is 45.2 Å². The molecule has 14 heteroatoms. The normalized spacial score (nSPS) is 15.6. The Morgan fingerprint density at radius 1 is 0.933 bits per heavy atom. The number of carbonyl (C=O) groups excluding carboxylic acids is 1. The number of aromatic hydroxyl groups is 2. The van der Waals surface area contributed by atoms with Gasteiger partial charge in [-0.15, -0.1) is 0 Å². The maximum absolute atomic E-state index is 12.8. The number of benzene rings is 2. The van der Waals surface area contributed by atoms with Gasteiger partial charge in [0.25, 0.3) is 20.2 Å². The summed E-state index contributed by atoms with van der Waals surface area (Å²) in [6, 6.07) is 5.10. The fraction of sp³-hybridized carbons (Fsp3) is 0. The van der Waals surface area contributed by atoms with Crippen LogP contribution in [0.1, 0.15) is 15.9 Å². The number of nitrogens with one attached hydrogen (secondary N) is 1. The molecule has 3 rings (SSSR count). The van der Waals surface area contributed by atoms with Gasteiger partial charge in [0.2, 0.25) is 5.78 Å². The van der Waals surface area contributed by atoms with E-state index in [0.29, 0.717) is 12.1 Å². The zero-order valence-corrected chi connectivity index (χ0v) is 16.8. The lowest BCUT2D eigenvalue weighted by atomic mass is 9.94. The second-order valence-corrected chi connectivity index (χ2v) is 9.18.